The molecular weight excluding hydrogens is 180 g/mol. The van der Waals surface area contributed by atoms with E-state index in [9.17, 15) is 9.59 Å². The van der Waals surface area contributed by atoms with Crippen LogP contribution in [0.2, 0.25) is 0 Å². The Morgan fingerprint density at radius 2 is 1.50 bits per heavy atom. The SMILES string of the molecule is O=C1[C@H]2[C@H](C(=O)[C@@H]3O[C@H]13)[C@@H]1C=C[C@H]2C1. The van der Waals surface area contributed by atoms with E-state index in [1.807, 2.05) is 0 Å². The number of ether oxygens (including phenoxy) is 1. The molecule has 0 N–H and O–H groups in total. The Bertz CT molecular complexity index is 350. The van der Waals surface area contributed by atoms with Crippen molar-refractivity contribution in [3.8, 4) is 0 Å². The van der Waals surface area contributed by atoms with Crippen molar-refractivity contribution in [2.24, 2.45) is 23.7 Å². The number of Topliss-reactive ketones (excluding diaryl/α,β-unsaturated/α-hetero) is 2. The quantitative estimate of drug-likeness (QED) is 0.409. The van der Waals surface area contributed by atoms with Crippen molar-refractivity contribution in [1.29, 1.82) is 0 Å². The fourth-order valence-corrected chi connectivity index (χ4v) is 3.52. The Morgan fingerprint density at radius 1 is 1.00 bits per heavy atom. The molecule has 6 atom stereocenters. The number of hydrogen-bond acceptors (Lipinski definition) is 3. The molecule has 4 aliphatic rings. The lowest BCUT2D eigenvalue weighted by molar-refractivity contribution is -0.135. The molecular formula is C11H10O3. The number of hydrogen-bond donors (Lipinski definition) is 0. The van der Waals surface area contributed by atoms with Crippen LogP contribution in [0.25, 0.3) is 0 Å². The first-order valence-electron chi connectivity index (χ1n) is 5.18. The predicted octanol–water partition coefficient (Wildman–Crippen LogP) is 0.344. The third-order valence-corrected chi connectivity index (χ3v) is 4.17. The van der Waals surface area contributed by atoms with Gasteiger partial charge in [-0.3, -0.25) is 9.59 Å². The minimum Gasteiger partial charge on any atom is -0.353 e. The third-order valence-electron chi connectivity index (χ3n) is 4.17. The molecule has 72 valence electrons. The molecule has 1 aliphatic heterocycles. The van der Waals surface area contributed by atoms with Crippen molar-refractivity contribution in [2.75, 3.05) is 0 Å². The van der Waals surface area contributed by atoms with Crippen LogP contribution in [-0.2, 0) is 14.3 Å². The van der Waals surface area contributed by atoms with Crippen molar-refractivity contribution >= 4 is 11.6 Å². The van der Waals surface area contributed by atoms with E-state index in [1.165, 1.54) is 0 Å². The molecule has 0 amide bonds. The van der Waals surface area contributed by atoms with Gasteiger partial charge in [0.2, 0.25) is 0 Å². The molecule has 3 fully saturated rings. The average Bonchev–Trinajstić information content (AvgIpc) is 2.74. The number of rotatable bonds is 0. The van der Waals surface area contributed by atoms with Gasteiger partial charge in [-0.1, -0.05) is 12.2 Å². The molecule has 2 bridgehead atoms. The van der Waals surface area contributed by atoms with Crippen LogP contribution in [0.5, 0.6) is 0 Å². The smallest absolute Gasteiger partial charge is 0.169 e. The summed E-state index contributed by atoms with van der Waals surface area (Å²) >= 11 is 0. The van der Waals surface area contributed by atoms with E-state index in [0.29, 0.717) is 11.8 Å². The summed E-state index contributed by atoms with van der Waals surface area (Å²) in [5, 5.41) is 0. The molecule has 1 heterocycles. The van der Waals surface area contributed by atoms with Crippen LogP contribution in [0.15, 0.2) is 12.2 Å². The highest BCUT2D eigenvalue weighted by atomic mass is 16.6. The van der Waals surface area contributed by atoms with E-state index in [0.717, 1.165) is 6.42 Å². The zero-order valence-corrected chi connectivity index (χ0v) is 7.55. The van der Waals surface area contributed by atoms with Gasteiger partial charge >= 0.3 is 0 Å². The number of allylic oxidation sites excluding steroid dienone is 2. The largest absolute Gasteiger partial charge is 0.353 e. The lowest BCUT2D eigenvalue weighted by Gasteiger charge is -2.27. The second-order valence-corrected chi connectivity index (χ2v) is 4.78. The standard InChI is InChI=1S/C11H10O3/c12-8-6-4-1-2-5(3-4)7(6)9(13)11-10(8)14-11/h1-2,4-7,10-11H,3H2/t4-,5+,6-,7-,10+,11-/m1/s1. The van der Waals surface area contributed by atoms with Crippen molar-refractivity contribution in [3.05, 3.63) is 12.2 Å². The number of fused-ring (bicyclic) bond motifs is 6. The maximum Gasteiger partial charge on any atom is 0.169 e. The zero-order chi connectivity index (χ0) is 9.45. The van der Waals surface area contributed by atoms with Crippen LogP contribution >= 0.6 is 0 Å². The molecule has 0 aromatic heterocycles. The van der Waals surface area contributed by atoms with Gasteiger partial charge in [-0.25, -0.2) is 0 Å². The molecule has 3 aliphatic carbocycles. The normalized spacial score (nSPS) is 57.4. The highest BCUT2D eigenvalue weighted by molar-refractivity contribution is 6.06. The summed E-state index contributed by atoms with van der Waals surface area (Å²) in [6.07, 6.45) is 4.50. The van der Waals surface area contributed by atoms with E-state index in [2.05, 4.69) is 12.2 Å². The number of carbonyl (C=O) groups is 2. The summed E-state index contributed by atoms with van der Waals surface area (Å²) in [4.78, 5) is 23.7. The van der Waals surface area contributed by atoms with E-state index >= 15 is 0 Å². The molecule has 1 saturated heterocycles. The molecule has 0 aromatic rings. The fourth-order valence-electron chi connectivity index (χ4n) is 3.52. The van der Waals surface area contributed by atoms with E-state index in [4.69, 9.17) is 4.74 Å². The van der Waals surface area contributed by atoms with E-state index < -0.39 is 0 Å². The van der Waals surface area contributed by atoms with Crippen LogP contribution in [-0.4, -0.2) is 23.8 Å². The van der Waals surface area contributed by atoms with Gasteiger partial charge in [-0.2, -0.15) is 0 Å². The lowest BCUT2D eigenvalue weighted by atomic mass is 9.72. The van der Waals surface area contributed by atoms with Gasteiger partial charge in [0.25, 0.3) is 0 Å². The van der Waals surface area contributed by atoms with Gasteiger partial charge in [0, 0.05) is 11.8 Å². The zero-order valence-electron chi connectivity index (χ0n) is 7.55. The molecule has 0 radical (unpaired) electrons. The van der Waals surface area contributed by atoms with E-state index in [-0.39, 0.29) is 35.6 Å². The highest BCUT2D eigenvalue weighted by Gasteiger charge is 2.66. The minimum atomic E-state index is -0.364. The van der Waals surface area contributed by atoms with E-state index in [1.54, 1.807) is 0 Å². The minimum absolute atomic E-state index is 0.0405. The van der Waals surface area contributed by atoms with Gasteiger partial charge in [0.05, 0.1) is 0 Å². The number of epoxide rings is 1. The molecule has 0 aromatic carbocycles. The predicted molar refractivity (Wildman–Crippen MR) is 46.4 cm³/mol. The molecule has 4 rings (SSSR count). The average molecular weight is 190 g/mol. The van der Waals surface area contributed by atoms with Crippen molar-refractivity contribution in [3.63, 3.8) is 0 Å². The van der Waals surface area contributed by atoms with Crippen molar-refractivity contribution < 1.29 is 14.3 Å². The summed E-state index contributed by atoms with van der Waals surface area (Å²) in [5.41, 5.74) is 0. The monoisotopic (exact) mass is 190 g/mol. The maximum absolute atomic E-state index is 11.9. The first-order valence-corrected chi connectivity index (χ1v) is 5.18. The van der Waals surface area contributed by atoms with Crippen LogP contribution in [0.1, 0.15) is 6.42 Å². The molecule has 0 unspecified atom stereocenters. The van der Waals surface area contributed by atoms with Gasteiger partial charge in [0.1, 0.15) is 0 Å². The molecule has 14 heavy (non-hydrogen) atoms. The first-order chi connectivity index (χ1) is 6.77. The van der Waals surface area contributed by atoms with Crippen LogP contribution in [0.4, 0.5) is 0 Å². The van der Waals surface area contributed by atoms with Crippen LogP contribution in [0.3, 0.4) is 0 Å². The Balaban J connectivity index is 1.84. The molecule has 0 spiro atoms. The second-order valence-electron chi connectivity index (χ2n) is 4.78. The summed E-state index contributed by atoms with van der Waals surface area (Å²) in [6.45, 7) is 0. The van der Waals surface area contributed by atoms with Crippen LogP contribution < -0.4 is 0 Å². The third kappa shape index (κ3) is 0.630. The topological polar surface area (TPSA) is 46.7 Å². The number of carbonyl (C=O) groups excluding carboxylic acids is 2. The fraction of sp³-hybridized carbons (Fsp3) is 0.636. The second kappa shape index (κ2) is 2.01. The Kier molecular flexibility index (Phi) is 1.05. The number of ketones is 2. The molecule has 3 heteroatoms. The van der Waals surface area contributed by atoms with Gasteiger partial charge < -0.3 is 4.74 Å². The van der Waals surface area contributed by atoms with Gasteiger partial charge in [-0.05, 0) is 18.3 Å². The first kappa shape index (κ1) is 7.35. The summed E-state index contributed by atoms with van der Waals surface area (Å²) in [6, 6.07) is 0. The lowest BCUT2D eigenvalue weighted by Crippen LogP contribution is -2.43. The molecule has 2 saturated carbocycles. The van der Waals surface area contributed by atoms with Crippen molar-refractivity contribution in [2.45, 2.75) is 18.6 Å². The Morgan fingerprint density at radius 3 is 2.00 bits per heavy atom. The van der Waals surface area contributed by atoms with Gasteiger partial charge in [0.15, 0.2) is 23.8 Å². The van der Waals surface area contributed by atoms with Crippen molar-refractivity contribution in [1.82, 2.24) is 0 Å². The summed E-state index contributed by atoms with van der Waals surface area (Å²) in [5.74, 6) is 0.952. The van der Waals surface area contributed by atoms with Gasteiger partial charge in [-0.15, -0.1) is 0 Å². The maximum atomic E-state index is 11.9. The Hall–Kier alpha value is -0.960. The molecule has 3 nitrogen and oxygen atoms in total. The summed E-state index contributed by atoms with van der Waals surface area (Å²) < 4.78 is 5.14. The highest BCUT2D eigenvalue weighted by Crippen LogP contribution is 2.54. The summed E-state index contributed by atoms with van der Waals surface area (Å²) in [7, 11) is 0. The Labute approximate surface area is 81.1 Å². The van der Waals surface area contributed by atoms with Crippen LogP contribution in [0, 0.1) is 23.7 Å².